The van der Waals surface area contributed by atoms with Gasteiger partial charge in [0, 0.05) is 13.1 Å². The SMILES string of the molecule is C=CCNCC=C.CC(C)CCCCCCCS(=O)(=O)O. The van der Waals surface area contributed by atoms with Crippen LogP contribution in [-0.2, 0) is 10.1 Å². The van der Waals surface area contributed by atoms with E-state index in [9.17, 15) is 8.42 Å². The van der Waals surface area contributed by atoms with Crippen molar-refractivity contribution < 1.29 is 13.0 Å². The van der Waals surface area contributed by atoms with Crippen LogP contribution in [0.25, 0.3) is 0 Å². The molecule has 0 aliphatic carbocycles. The third kappa shape index (κ3) is 28.3. The molecule has 0 aliphatic heterocycles. The third-order valence-corrected chi connectivity index (χ3v) is 3.57. The van der Waals surface area contributed by atoms with E-state index in [4.69, 9.17) is 4.55 Å². The van der Waals surface area contributed by atoms with Crippen molar-refractivity contribution >= 4 is 10.1 Å². The molecule has 0 bridgehead atoms. The van der Waals surface area contributed by atoms with Gasteiger partial charge in [0.05, 0.1) is 5.75 Å². The maximum absolute atomic E-state index is 10.4. The highest BCUT2D eigenvalue weighted by Gasteiger charge is 2.02. The van der Waals surface area contributed by atoms with Crippen molar-refractivity contribution in [1.29, 1.82) is 0 Å². The summed E-state index contributed by atoms with van der Waals surface area (Å²) in [5.74, 6) is 0.671. The number of unbranched alkanes of at least 4 members (excludes halogenated alkanes) is 4. The molecule has 0 fully saturated rings. The molecule has 0 radical (unpaired) electrons. The van der Waals surface area contributed by atoms with Crippen molar-refractivity contribution in [2.24, 2.45) is 5.92 Å². The zero-order chi connectivity index (χ0) is 16.6. The first kappa shape index (κ1) is 22.6. The molecule has 0 atom stereocenters. The molecule has 0 saturated heterocycles. The normalized spacial score (nSPS) is 10.9. The first-order valence-corrected chi connectivity index (χ1v) is 9.32. The molecule has 4 nitrogen and oxygen atoms in total. The monoisotopic (exact) mass is 319 g/mol. The Bertz CT molecular complexity index is 329. The molecule has 0 spiro atoms. The van der Waals surface area contributed by atoms with Crippen molar-refractivity contribution in [3.05, 3.63) is 25.3 Å². The lowest BCUT2D eigenvalue weighted by molar-refractivity contribution is 0.477. The van der Waals surface area contributed by atoms with E-state index < -0.39 is 10.1 Å². The average Bonchev–Trinajstić information content (AvgIpc) is 2.37. The maximum atomic E-state index is 10.4. The van der Waals surface area contributed by atoms with Crippen LogP contribution in [0.5, 0.6) is 0 Å². The highest BCUT2D eigenvalue weighted by Crippen LogP contribution is 2.10. The lowest BCUT2D eigenvalue weighted by Gasteiger charge is -2.03. The molecule has 0 aromatic rings. The highest BCUT2D eigenvalue weighted by molar-refractivity contribution is 7.85. The summed E-state index contributed by atoms with van der Waals surface area (Å²) in [4.78, 5) is 0. The van der Waals surface area contributed by atoms with Gasteiger partial charge in [-0.15, -0.1) is 13.2 Å². The van der Waals surface area contributed by atoms with Gasteiger partial charge in [-0.3, -0.25) is 4.55 Å². The molecular formula is C16H33NO3S. The molecule has 5 heteroatoms. The fraction of sp³-hybridized carbons (Fsp3) is 0.750. The van der Waals surface area contributed by atoms with Crippen LogP contribution in [0, 0.1) is 5.92 Å². The van der Waals surface area contributed by atoms with Crippen LogP contribution in [0.15, 0.2) is 25.3 Å². The Hall–Kier alpha value is -0.650. The Labute approximate surface area is 131 Å². The predicted octanol–water partition coefficient (Wildman–Crippen LogP) is 3.82. The third-order valence-electron chi connectivity index (χ3n) is 2.76. The average molecular weight is 320 g/mol. The second-order valence-electron chi connectivity index (χ2n) is 5.47. The van der Waals surface area contributed by atoms with Crippen LogP contribution in [-0.4, -0.2) is 31.8 Å². The van der Waals surface area contributed by atoms with Gasteiger partial charge in [-0.25, -0.2) is 0 Å². The molecule has 126 valence electrons. The maximum Gasteiger partial charge on any atom is 0.264 e. The van der Waals surface area contributed by atoms with Crippen LogP contribution >= 0.6 is 0 Å². The largest absolute Gasteiger partial charge is 0.310 e. The molecule has 0 aromatic heterocycles. The first-order chi connectivity index (χ1) is 9.83. The van der Waals surface area contributed by atoms with E-state index >= 15 is 0 Å². The van der Waals surface area contributed by atoms with Crippen molar-refractivity contribution in [3.63, 3.8) is 0 Å². The standard InChI is InChI=1S/C10H22O3S.C6H11N/c1-10(2)8-6-4-3-5-7-9-14(11,12)13;1-3-5-7-6-4-2/h10H,3-9H2,1-2H3,(H,11,12,13);3-4,7H,1-2,5-6H2. The Morgan fingerprint density at radius 2 is 1.48 bits per heavy atom. The van der Waals surface area contributed by atoms with Crippen molar-refractivity contribution in [2.75, 3.05) is 18.8 Å². The van der Waals surface area contributed by atoms with Gasteiger partial charge in [0.1, 0.15) is 0 Å². The molecule has 0 unspecified atom stereocenters. The molecular weight excluding hydrogens is 286 g/mol. The van der Waals surface area contributed by atoms with Crippen LogP contribution in [0.3, 0.4) is 0 Å². The van der Waals surface area contributed by atoms with E-state index in [0.717, 1.165) is 31.8 Å². The summed E-state index contributed by atoms with van der Waals surface area (Å²) < 4.78 is 29.2. The second-order valence-corrected chi connectivity index (χ2v) is 7.04. The van der Waals surface area contributed by atoms with E-state index in [2.05, 4.69) is 32.3 Å². The van der Waals surface area contributed by atoms with Gasteiger partial charge in [-0.2, -0.15) is 8.42 Å². The second kappa shape index (κ2) is 15.7. The number of rotatable bonds is 12. The summed E-state index contributed by atoms with van der Waals surface area (Å²) in [5, 5.41) is 3.05. The van der Waals surface area contributed by atoms with Gasteiger partial charge in [0.2, 0.25) is 0 Å². The Balaban J connectivity index is 0. The van der Waals surface area contributed by atoms with Crippen LogP contribution < -0.4 is 5.32 Å². The highest BCUT2D eigenvalue weighted by atomic mass is 32.2. The Morgan fingerprint density at radius 3 is 1.90 bits per heavy atom. The van der Waals surface area contributed by atoms with Crippen molar-refractivity contribution in [2.45, 2.75) is 52.4 Å². The molecule has 0 aliphatic rings. The molecule has 0 heterocycles. The summed E-state index contributed by atoms with van der Waals surface area (Å²) in [7, 11) is -3.73. The smallest absolute Gasteiger partial charge is 0.264 e. The number of nitrogens with one attached hydrogen (secondary N) is 1. The van der Waals surface area contributed by atoms with Gasteiger partial charge in [0.25, 0.3) is 10.1 Å². The molecule has 2 N–H and O–H groups in total. The van der Waals surface area contributed by atoms with Crippen LogP contribution in [0.4, 0.5) is 0 Å². The molecule has 21 heavy (non-hydrogen) atoms. The van der Waals surface area contributed by atoms with E-state index in [1.165, 1.54) is 19.3 Å². The Kier molecular flexibility index (Phi) is 17.0. The molecule has 0 amide bonds. The lowest BCUT2D eigenvalue weighted by atomic mass is 10.0. The topological polar surface area (TPSA) is 66.4 Å². The first-order valence-electron chi connectivity index (χ1n) is 7.71. The minimum Gasteiger partial charge on any atom is -0.310 e. The zero-order valence-electron chi connectivity index (χ0n) is 13.7. The van der Waals surface area contributed by atoms with Crippen molar-refractivity contribution in [1.82, 2.24) is 5.32 Å². The fourth-order valence-corrected chi connectivity index (χ4v) is 2.22. The van der Waals surface area contributed by atoms with Crippen LogP contribution in [0.1, 0.15) is 52.4 Å². The summed E-state index contributed by atoms with van der Waals surface area (Å²) >= 11 is 0. The summed E-state index contributed by atoms with van der Waals surface area (Å²) in [6.45, 7) is 13.2. The molecule has 0 rings (SSSR count). The van der Waals surface area contributed by atoms with Gasteiger partial charge < -0.3 is 5.32 Å². The van der Waals surface area contributed by atoms with Gasteiger partial charge >= 0.3 is 0 Å². The van der Waals surface area contributed by atoms with Gasteiger partial charge in [-0.1, -0.05) is 58.1 Å². The van der Waals surface area contributed by atoms with Gasteiger partial charge in [-0.05, 0) is 12.3 Å². The fourth-order valence-electron chi connectivity index (χ4n) is 1.65. The van der Waals surface area contributed by atoms with Crippen LogP contribution in [0.2, 0.25) is 0 Å². The summed E-state index contributed by atoms with van der Waals surface area (Å²) in [6.07, 6.45) is 9.85. The van der Waals surface area contributed by atoms with Crippen molar-refractivity contribution in [3.8, 4) is 0 Å². The lowest BCUT2D eigenvalue weighted by Crippen LogP contribution is -2.11. The van der Waals surface area contributed by atoms with E-state index in [-0.39, 0.29) is 5.75 Å². The van der Waals surface area contributed by atoms with E-state index in [1.54, 1.807) is 0 Å². The predicted molar refractivity (Wildman–Crippen MR) is 92.2 cm³/mol. The summed E-state index contributed by atoms with van der Waals surface area (Å²) in [6, 6.07) is 0. The number of hydrogen-bond acceptors (Lipinski definition) is 3. The minimum absolute atomic E-state index is 0.0861. The zero-order valence-corrected chi connectivity index (χ0v) is 14.5. The molecule has 0 aromatic carbocycles. The summed E-state index contributed by atoms with van der Waals surface area (Å²) in [5.41, 5.74) is 0. The van der Waals surface area contributed by atoms with Gasteiger partial charge in [0.15, 0.2) is 0 Å². The quantitative estimate of drug-likeness (QED) is 0.326. The Morgan fingerprint density at radius 1 is 1.00 bits per heavy atom. The minimum atomic E-state index is -3.73. The number of hydrogen-bond donors (Lipinski definition) is 2. The van der Waals surface area contributed by atoms with E-state index in [1.807, 2.05) is 12.2 Å². The molecule has 0 saturated carbocycles. The van der Waals surface area contributed by atoms with E-state index in [0.29, 0.717) is 6.42 Å².